The van der Waals surface area contributed by atoms with Gasteiger partial charge in [-0.25, -0.2) is 0 Å². The fourth-order valence-corrected chi connectivity index (χ4v) is 3.41. The van der Waals surface area contributed by atoms with Gasteiger partial charge in [-0.05, 0) is 61.4 Å². The van der Waals surface area contributed by atoms with Crippen molar-refractivity contribution in [3.63, 3.8) is 0 Å². The molecular weight excluding hydrogens is 305 g/mol. The predicted octanol–water partition coefficient (Wildman–Crippen LogP) is 4.79. The van der Waals surface area contributed by atoms with Crippen LogP contribution in [0, 0.1) is 25.7 Å². The van der Waals surface area contributed by atoms with Gasteiger partial charge in [0, 0.05) is 12.3 Å². The Balaban J connectivity index is 2.09. The van der Waals surface area contributed by atoms with Gasteiger partial charge in [0.2, 0.25) is 0 Å². The Morgan fingerprint density at radius 1 is 1.22 bits per heavy atom. The van der Waals surface area contributed by atoms with Crippen LogP contribution in [0.5, 0.6) is 5.75 Å². The lowest BCUT2D eigenvalue weighted by Crippen LogP contribution is -2.20. The largest absolute Gasteiger partial charge is 0.484 e. The van der Waals surface area contributed by atoms with E-state index in [1.807, 2.05) is 13.8 Å². The lowest BCUT2D eigenvalue weighted by Gasteiger charge is -2.17. The third-order valence-corrected chi connectivity index (χ3v) is 4.70. The summed E-state index contributed by atoms with van der Waals surface area (Å²) in [5.41, 5.74) is 2.52. The van der Waals surface area contributed by atoms with Crippen LogP contribution in [-0.2, 0) is 11.2 Å². The number of rotatable bonds is 5. The molecule has 0 spiro atoms. The van der Waals surface area contributed by atoms with Crippen LogP contribution in [0.2, 0.25) is 0 Å². The van der Waals surface area contributed by atoms with Crippen LogP contribution in [0.4, 0.5) is 13.2 Å². The number of hydrogen-bond acceptors (Lipinski definition) is 2. The number of ether oxygens (including phenoxy) is 1. The normalized spacial score (nSPS) is 21.5. The summed E-state index contributed by atoms with van der Waals surface area (Å²) in [6, 6.07) is 3.17. The topological polar surface area (TPSA) is 26.3 Å². The lowest BCUT2D eigenvalue weighted by atomic mass is 9.87. The summed E-state index contributed by atoms with van der Waals surface area (Å²) in [4.78, 5) is 12.5. The Bertz CT molecular complexity index is 555. The molecule has 2 nitrogen and oxygen atoms in total. The maximum absolute atomic E-state index is 12.5. The Kier molecular flexibility index (Phi) is 5.37. The zero-order chi connectivity index (χ0) is 17.2. The molecule has 2 unspecified atom stereocenters. The Morgan fingerprint density at radius 3 is 2.30 bits per heavy atom. The van der Waals surface area contributed by atoms with Crippen molar-refractivity contribution in [2.45, 2.75) is 52.6 Å². The van der Waals surface area contributed by atoms with Gasteiger partial charge in [0.05, 0.1) is 0 Å². The van der Waals surface area contributed by atoms with Crippen LogP contribution >= 0.6 is 0 Å². The zero-order valence-corrected chi connectivity index (χ0v) is 13.8. The number of ketones is 1. The van der Waals surface area contributed by atoms with Crippen molar-refractivity contribution in [3.05, 3.63) is 28.8 Å². The average Bonchev–Trinajstić information content (AvgIpc) is 2.86. The molecule has 2 rings (SSSR count). The van der Waals surface area contributed by atoms with E-state index in [0.717, 1.165) is 36.0 Å². The lowest BCUT2D eigenvalue weighted by molar-refractivity contribution is -0.153. The fourth-order valence-electron chi connectivity index (χ4n) is 3.41. The highest BCUT2D eigenvalue weighted by Crippen LogP contribution is 2.33. The van der Waals surface area contributed by atoms with Gasteiger partial charge in [0.15, 0.2) is 6.61 Å². The number of hydrogen-bond donors (Lipinski definition) is 0. The molecule has 1 aromatic carbocycles. The molecule has 0 N–H and O–H groups in total. The third kappa shape index (κ3) is 4.72. The van der Waals surface area contributed by atoms with Crippen LogP contribution in [-0.4, -0.2) is 18.6 Å². The van der Waals surface area contributed by atoms with E-state index in [4.69, 9.17) is 4.74 Å². The van der Waals surface area contributed by atoms with E-state index in [0.29, 0.717) is 12.3 Å². The highest BCUT2D eigenvalue weighted by Gasteiger charge is 2.30. The number of Topliss-reactive ketones (excluding diaryl/α,β-unsaturated/α-hetero) is 1. The van der Waals surface area contributed by atoms with Crippen LogP contribution in [0.1, 0.15) is 42.9 Å². The molecule has 0 amide bonds. The van der Waals surface area contributed by atoms with E-state index in [2.05, 4.69) is 6.92 Å². The number of benzene rings is 1. The summed E-state index contributed by atoms with van der Waals surface area (Å²) in [7, 11) is 0. The van der Waals surface area contributed by atoms with E-state index in [-0.39, 0.29) is 17.5 Å². The summed E-state index contributed by atoms with van der Waals surface area (Å²) in [6.45, 7) is 4.44. The molecule has 0 aromatic heterocycles. The SMILES string of the molecule is Cc1cc(OCC(F)(F)F)cc(C)c1CC(=O)C1CCCC1C. The van der Waals surface area contributed by atoms with Gasteiger partial charge in [-0.1, -0.05) is 13.3 Å². The highest BCUT2D eigenvalue weighted by molar-refractivity contribution is 5.84. The summed E-state index contributed by atoms with van der Waals surface area (Å²) >= 11 is 0. The van der Waals surface area contributed by atoms with E-state index in [1.54, 1.807) is 12.1 Å². The molecule has 0 heterocycles. The smallest absolute Gasteiger partial charge is 0.422 e. The van der Waals surface area contributed by atoms with Gasteiger partial charge in [-0.15, -0.1) is 0 Å². The average molecular weight is 328 g/mol. The number of carbonyl (C=O) groups excluding carboxylic acids is 1. The molecule has 0 aliphatic heterocycles. The van der Waals surface area contributed by atoms with E-state index in [1.165, 1.54) is 0 Å². The first-order valence-electron chi connectivity index (χ1n) is 8.00. The first-order valence-corrected chi connectivity index (χ1v) is 8.00. The highest BCUT2D eigenvalue weighted by atomic mass is 19.4. The minimum Gasteiger partial charge on any atom is -0.484 e. The molecule has 1 aliphatic rings. The molecule has 5 heteroatoms. The van der Waals surface area contributed by atoms with E-state index >= 15 is 0 Å². The zero-order valence-electron chi connectivity index (χ0n) is 13.8. The monoisotopic (exact) mass is 328 g/mol. The molecule has 1 aromatic rings. The Hall–Kier alpha value is -1.52. The molecule has 23 heavy (non-hydrogen) atoms. The second kappa shape index (κ2) is 6.93. The van der Waals surface area contributed by atoms with Crippen molar-refractivity contribution in [1.82, 2.24) is 0 Å². The standard InChI is InChI=1S/C18H23F3O2/c1-11-5-4-6-15(11)17(22)9-16-12(2)7-14(8-13(16)3)23-10-18(19,20)21/h7-8,11,15H,4-6,9-10H2,1-3H3. The number of aryl methyl sites for hydroxylation is 2. The molecule has 1 aliphatic carbocycles. The van der Waals surface area contributed by atoms with Crippen molar-refractivity contribution in [3.8, 4) is 5.75 Å². The van der Waals surface area contributed by atoms with Crippen molar-refractivity contribution in [1.29, 1.82) is 0 Å². The summed E-state index contributed by atoms with van der Waals surface area (Å²) in [5.74, 6) is 0.986. The van der Waals surface area contributed by atoms with Gasteiger partial charge < -0.3 is 4.74 Å². The molecule has 2 atom stereocenters. The second-order valence-corrected chi connectivity index (χ2v) is 6.60. The fraction of sp³-hybridized carbons (Fsp3) is 0.611. The van der Waals surface area contributed by atoms with Crippen LogP contribution in [0.25, 0.3) is 0 Å². The van der Waals surface area contributed by atoms with Crippen molar-refractivity contribution in [2.24, 2.45) is 11.8 Å². The van der Waals surface area contributed by atoms with Gasteiger partial charge >= 0.3 is 6.18 Å². The van der Waals surface area contributed by atoms with E-state index in [9.17, 15) is 18.0 Å². The molecule has 1 saturated carbocycles. The van der Waals surface area contributed by atoms with Crippen molar-refractivity contribution >= 4 is 5.78 Å². The number of halogens is 3. The summed E-state index contributed by atoms with van der Waals surface area (Å²) in [5, 5.41) is 0. The van der Waals surface area contributed by atoms with Crippen molar-refractivity contribution < 1.29 is 22.7 Å². The quantitative estimate of drug-likeness (QED) is 0.776. The first kappa shape index (κ1) is 17.8. The Labute approximate surface area is 135 Å². The maximum Gasteiger partial charge on any atom is 0.422 e. The van der Waals surface area contributed by atoms with Crippen molar-refractivity contribution in [2.75, 3.05) is 6.61 Å². The van der Waals surface area contributed by atoms with Crippen LogP contribution in [0.15, 0.2) is 12.1 Å². The molecule has 0 bridgehead atoms. The Morgan fingerprint density at radius 2 is 1.83 bits per heavy atom. The molecular formula is C18H23F3O2. The third-order valence-electron chi connectivity index (χ3n) is 4.70. The minimum absolute atomic E-state index is 0.120. The first-order chi connectivity index (χ1) is 10.7. The summed E-state index contributed by atoms with van der Waals surface area (Å²) in [6.07, 6.45) is -0.857. The van der Waals surface area contributed by atoms with Gasteiger partial charge in [0.25, 0.3) is 0 Å². The molecule has 0 radical (unpaired) electrons. The molecule has 0 saturated heterocycles. The van der Waals surface area contributed by atoms with Gasteiger partial charge in [-0.3, -0.25) is 4.79 Å². The minimum atomic E-state index is -4.35. The number of alkyl halides is 3. The maximum atomic E-state index is 12.5. The molecule has 1 fully saturated rings. The van der Waals surface area contributed by atoms with Crippen LogP contribution in [0.3, 0.4) is 0 Å². The predicted molar refractivity (Wildman–Crippen MR) is 82.7 cm³/mol. The number of carbonyl (C=O) groups is 1. The second-order valence-electron chi connectivity index (χ2n) is 6.60. The summed E-state index contributed by atoms with van der Waals surface area (Å²) < 4.78 is 41.5. The van der Waals surface area contributed by atoms with E-state index < -0.39 is 12.8 Å². The van der Waals surface area contributed by atoms with Gasteiger partial charge in [-0.2, -0.15) is 13.2 Å². The van der Waals surface area contributed by atoms with Gasteiger partial charge in [0.1, 0.15) is 11.5 Å². The molecule has 128 valence electrons. The van der Waals surface area contributed by atoms with Crippen LogP contribution < -0.4 is 4.74 Å².